The van der Waals surface area contributed by atoms with E-state index >= 15 is 0 Å². The van der Waals surface area contributed by atoms with Crippen molar-refractivity contribution in [1.82, 2.24) is 0 Å². The fourth-order valence-electron chi connectivity index (χ4n) is 2.53. The SMILES string of the molecule is O=C(Nc1ccccc1)Nc1cccc(NS(=O)(=O)c2cccc(C(F)(F)F)c2)c1. The normalized spacial score (nSPS) is 11.6. The average Bonchev–Trinajstić information content (AvgIpc) is 2.68. The predicted molar refractivity (Wildman–Crippen MR) is 108 cm³/mol. The molecule has 0 saturated carbocycles. The van der Waals surface area contributed by atoms with Gasteiger partial charge in [-0.05, 0) is 48.5 Å². The molecule has 0 aliphatic carbocycles. The van der Waals surface area contributed by atoms with E-state index in [1.165, 1.54) is 24.3 Å². The van der Waals surface area contributed by atoms with Crippen molar-refractivity contribution >= 4 is 33.1 Å². The molecular formula is C20H16F3N3O3S. The molecule has 0 spiro atoms. The van der Waals surface area contributed by atoms with E-state index in [9.17, 15) is 26.4 Å². The smallest absolute Gasteiger partial charge is 0.308 e. The molecule has 0 aliphatic rings. The Bertz CT molecular complexity index is 1150. The number of alkyl halides is 3. The summed E-state index contributed by atoms with van der Waals surface area (Å²) in [6.45, 7) is 0. The molecule has 3 aromatic carbocycles. The molecule has 0 aliphatic heterocycles. The first-order chi connectivity index (χ1) is 14.1. The van der Waals surface area contributed by atoms with Gasteiger partial charge in [0.25, 0.3) is 10.0 Å². The Morgan fingerprint density at radius 1 is 0.733 bits per heavy atom. The fraction of sp³-hybridized carbons (Fsp3) is 0.0500. The van der Waals surface area contributed by atoms with E-state index in [-0.39, 0.29) is 11.4 Å². The molecule has 156 valence electrons. The monoisotopic (exact) mass is 435 g/mol. The third-order valence-electron chi connectivity index (χ3n) is 3.88. The van der Waals surface area contributed by atoms with Crippen molar-refractivity contribution < 1.29 is 26.4 Å². The van der Waals surface area contributed by atoms with Crippen LogP contribution in [0.25, 0.3) is 0 Å². The molecule has 30 heavy (non-hydrogen) atoms. The van der Waals surface area contributed by atoms with E-state index in [1.54, 1.807) is 30.3 Å². The zero-order valence-corrected chi connectivity index (χ0v) is 16.1. The predicted octanol–water partition coefficient (Wildman–Crippen LogP) is 5.15. The Morgan fingerprint density at radius 3 is 2.03 bits per heavy atom. The maximum absolute atomic E-state index is 12.9. The Kier molecular flexibility index (Phi) is 5.97. The first-order valence-corrected chi connectivity index (χ1v) is 10.0. The molecule has 6 nitrogen and oxygen atoms in total. The minimum absolute atomic E-state index is 0.0740. The molecular weight excluding hydrogens is 419 g/mol. The van der Waals surface area contributed by atoms with Gasteiger partial charge in [-0.3, -0.25) is 4.72 Å². The molecule has 2 amide bonds. The van der Waals surface area contributed by atoms with E-state index in [2.05, 4.69) is 15.4 Å². The minimum atomic E-state index is -4.67. The number of halogens is 3. The largest absolute Gasteiger partial charge is 0.416 e. The Balaban J connectivity index is 1.74. The van der Waals surface area contributed by atoms with Crippen LogP contribution in [0.5, 0.6) is 0 Å². The van der Waals surface area contributed by atoms with E-state index in [1.807, 2.05) is 0 Å². The van der Waals surface area contributed by atoms with Gasteiger partial charge in [-0.2, -0.15) is 13.2 Å². The number of carbonyl (C=O) groups excluding carboxylic acids is 1. The number of rotatable bonds is 5. The summed E-state index contributed by atoms with van der Waals surface area (Å²) in [6.07, 6.45) is -4.67. The number of amides is 2. The van der Waals surface area contributed by atoms with Gasteiger partial charge < -0.3 is 10.6 Å². The van der Waals surface area contributed by atoms with Crippen LogP contribution in [-0.4, -0.2) is 14.4 Å². The third kappa shape index (κ3) is 5.51. The number of nitrogens with one attached hydrogen (secondary N) is 3. The molecule has 0 aromatic heterocycles. The van der Waals surface area contributed by atoms with E-state index in [0.29, 0.717) is 11.8 Å². The topological polar surface area (TPSA) is 87.3 Å². The Labute approximate surface area is 170 Å². The van der Waals surface area contributed by atoms with Crippen LogP contribution in [0.4, 0.5) is 35.0 Å². The lowest BCUT2D eigenvalue weighted by Gasteiger charge is -2.12. The molecule has 10 heteroatoms. The number of benzene rings is 3. The van der Waals surface area contributed by atoms with E-state index in [0.717, 1.165) is 18.2 Å². The number of hydrogen-bond donors (Lipinski definition) is 3. The molecule has 0 bridgehead atoms. The first kappa shape index (κ1) is 21.2. The number of anilines is 3. The average molecular weight is 435 g/mol. The lowest BCUT2D eigenvalue weighted by molar-refractivity contribution is -0.137. The van der Waals surface area contributed by atoms with Gasteiger partial charge in [-0.25, -0.2) is 13.2 Å². The molecule has 3 N–H and O–H groups in total. The van der Waals surface area contributed by atoms with Crippen LogP contribution in [0.3, 0.4) is 0 Å². The molecule has 0 atom stereocenters. The molecule has 0 heterocycles. The van der Waals surface area contributed by atoms with Gasteiger partial charge in [0, 0.05) is 11.4 Å². The highest BCUT2D eigenvalue weighted by atomic mass is 32.2. The second-order valence-electron chi connectivity index (χ2n) is 6.16. The molecule has 0 saturated heterocycles. The second kappa shape index (κ2) is 8.46. The summed E-state index contributed by atoms with van der Waals surface area (Å²) in [5.41, 5.74) is -0.146. The van der Waals surface area contributed by atoms with Crippen molar-refractivity contribution in [2.75, 3.05) is 15.4 Å². The molecule has 3 aromatic rings. The number of carbonyl (C=O) groups is 1. The number of sulfonamides is 1. The summed E-state index contributed by atoms with van der Waals surface area (Å²) in [5.74, 6) is 0. The Hall–Kier alpha value is -3.53. The van der Waals surface area contributed by atoms with Gasteiger partial charge in [-0.15, -0.1) is 0 Å². The highest BCUT2D eigenvalue weighted by Gasteiger charge is 2.31. The van der Waals surface area contributed by atoms with Crippen LogP contribution in [0, 0.1) is 0 Å². The quantitative estimate of drug-likeness (QED) is 0.518. The molecule has 0 fully saturated rings. The van der Waals surface area contributed by atoms with Gasteiger partial charge >= 0.3 is 12.2 Å². The maximum atomic E-state index is 12.9. The fourth-order valence-corrected chi connectivity index (χ4v) is 3.62. The summed E-state index contributed by atoms with van der Waals surface area (Å²) in [6, 6.07) is 17.3. The first-order valence-electron chi connectivity index (χ1n) is 8.57. The highest BCUT2D eigenvalue weighted by molar-refractivity contribution is 7.92. The highest BCUT2D eigenvalue weighted by Crippen LogP contribution is 2.31. The number of urea groups is 1. The molecule has 3 rings (SSSR count). The summed E-state index contributed by atoms with van der Waals surface area (Å²) in [7, 11) is -4.27. The van der Waals surface area contributed by atoms with Crippen molar-refractivity contribution in [3.05, 3.63) is 84.4 Å². The second-order valence-corrected chi connectivity index (χ2v) is 7.84. The van der Waals surface area contributed by atoms with Crippen LogP contribution in [0.15, 0.2) is 83.8 Å². The van der Waals surface area contributed by atoms with E-state index < -0.39 is 32.7 Å². The van der Waals surface area contributed by atoms with E-state index in [4.69, 9.17) is 0 Å². The van der Waals surface area contributed by atoms with Crippen LogP contribution < -0.4 is 15.4 Å². The van der Waals surface area contributed by atoms with Crippen molar-refractivity contribution in [3.8, 4) is 0 Å². The lowest BCUT2D eigenvalue weighted by Crippen LogP contribution is -2.19. The standard InChI is InChI=1S/C20H16F3N3O3S/c21-20(22,23)14-6-4-11-18(12-14)30(28,29)26-17-10-5-9-16(13-17)25-19(27)24-15-7-2-1-3-8-15/h1-13,26H,(H2,24,25,27). The zero-order chi connectivity index (χ0) is 21.8. The maximum Gasteiger partial charge on any atom is 0.416 e. The van der Waals surface area contributed by atoms with Crippen LogP contribution >= 0.6 is 0 Å². The van der Waals surface area contributed by atoms with Gasteiger partial charge in [-0.1, -0.05) is 30.3 Å². The number of para-hydroxylation sites is 1. The minimum Gasteiger partial charge on any atom is -0.308 e. The van der Waals surface area contributed by atoms with Gasteiger partial charge in [0.15, 0.2) is 0 Å². The van der Waals surface area contributed by atoms with Crippen molar-refractivity contribution in [2.24, 2.45) is 0 Å². The van der Waals surface area contributed by atoms with Gasteiger partial charge in [0.1, 0.15) is 0 Å². The third-order valence-corrected chi connectivity index (χ3v) is 5.25. The van der Waals surface area contributed by atoms with Crippen molar-refractivity contribution in [2.45, 2.75) is 11.1 Å². The van der Waals surface area contributed by atoms with Gasteiger partial charge in [0.2, 0.25) is 0 Å². The summed E-state index contributed by atoms with van der Waals surface area (Å²) in [4.78, 5) is 11.5. The number of hydrogen-bond acceptors (Lipinski definition) is 3. The Morgan fingerprint density at radius 2 is 1.33 bits per heavy atom. The molecule has 0 radical (unpaired) electrons. The van der Waals surface area contributed by atoms with Crippen molar-refractivity contribution in [3.63, 3.8) is 0 Å². The summed E-state index contributed by atoms with van der Waals surface area (Å²) < 4.78 is 65.7. The van der Waals surface area contributed by atoms with Crippen LogP contribution in [0.2, 0.25) is 0 Å². The lowest BCUT2D eigenvalue weighted by atomic mass is 10.2. The molecule has 0 unspecified atom stereocenters. The zero-order valence-electron chi connectivity index (χ0n) is 15.3. The van der Waals surface area contributed by atoms with Crippen LogP contribution in [-0.2, 0) is 16.2 Å². The summed E-state index contributed by atoms with van der Waals surface area (Å²) >= 11 is 0. The summed E-state index contributed by atoms with van der Waals surface area (Å²) in [5, 5.41) is 5.16. The van der Waals surface area contributed by atoms with Gasteiger partial charge in [0.05, 0.1) is 16.1 Å². The van der Waals surface area contributed by atoms with Crippen LogP contribution in [0.1, 0.15) is 5.56 Å². The van der Waals surface area contributed by atoms with Crippen molar-refractivity contribution in [1.29, 1.82) is 0 Å².